The Bertz CT molecular complexity index is 344. The summed E-state index contributed by atoms with van der Waals surface area (Å²) in [5, 5.41) is 0. The van der Waals surface area contributed by atoms with Crippen molar-refractivity contribution >= 4 is 5.78 Å². The van der Waals surface area contributed by atoms with Crippen molar-refractivity contribution < 1.29 is 14.3 Å². The molecule has 1 heterocycles. The predicted octanol–water partition coefficient (Wildman–Crippen LogP) is 4.14. The van der Waals surface area contributed by atoms with Crippen LogP contribution < -0.4 is 0 Å². The van der Waals surface area contributed by atoms with Crippen LogP contribution in [0.2, 0.25) is 0 Å². The summed E-state index contributed by atoms with van der Waals surface area (Å²) in [6.07, 6.45) is 7.55. The summed E-state index contributed by atoms with van der Waals surface area (Å²) >= 11 is 0. The van der Waals surface area contributed by atoms with Crippen molar-refractivity contribution in [1.29, 1.82) is 0 Å². The van der Waals surface area contributed by atoms with E-state index in [0.717, 1.165) is 32.3 Å². The number of rotatable bonds is 4. The molecule has 2 fully saturated rings. The van der Waals surface area contributed by atoms with Gasteiger partial charge in [-0.15, -0.1) is 0 Å². The lowest BCUT2D eigenvalue weighted by Gasteiger charge is -2.44. The van der Waals surface area contributed by atoms with Crippen LogP contribution in [0.25, 0.3) is 0 Å². The van der Waals surface area contributed by atoms with Gasteiger partial charge >= 0.3 is 0 Å². The molecule has 0 N–H and O–H groups in total. The quantitative estimate of drug-likeness (QED) is 0.782. The number of ether oxygens (including phenoxy) is 2. The summed E-state index contributed by atoms with van der Waals surface area (Å²) in [7, 11) is 0. The number of hydrogen-bond acceptors (Lipinski definition) is 3. The highest BCUT2D eigenvalue weighted by atomic mass is 16.5. The van der Waals surface area contributed by atoms with Gasteiger partial charge in [0, 0.05) is 19.1 Å². The number of carbonyl (C=O) groups is 1. The molecule has 1 saturated carbocycles. The monoisotopic (exact) mass is 296 g/mol. The second-order valence-electron chi connectivity index (χ2n) is 7.89. The zero-order chi connectivity index (χ0) is 15.5. The van der Waals surface area contributed by atoms with E-state index in [2.05, 4.69) is 20.8 Å². The standard InChI is InChI=1S/C18H32O3/c1-5-20-16(17(2,3)4)15(19)14-9-12-21-18(13-14)10-7-6-8-11-18/h14,16H,5-13H2,1-4H3. The Morgan fingerprint density at radius 2 is 1.95 bits per heavy atom. The molecule has 122 valence electrons. The van der Waals surface area contributed by atoms with Crippen LogP contribution >= 0.6 is 0 Å². The molecule has 0 aromatic carbocycles. The van der Waals surface area contributed by atoms with Gasteiger partial charge in [0.15, 0.2) is 5.78 Å². The Hall–Kier alpha value is -0.410. The average molecular weight is 296 g/mol. The fourth-order valence-corrected chi connectivity index (χ4v) is 3.95. The van der Waals surface area contributed by atoms with Crippen molar-refractivity contribution in [2.45, 2.75) is 84.3 Å². The summed E-state index contributed by atoms with van der Waals surface area (Å²) < 4.78 is 11.9. The van der Waals surface area contributed by atoms with E-state index in [0.29, 0.717) is 12.4 Å². The summed E-state index contributed by atoms with van der Waals surface area (Å²) in [6.45, 7) is 9.60. The fourth-order valence-electron chi connectivity index (χ4n) is 3.95. The maximum absolute atomic E-state index is 13.0. The first kappa shape index (κ1) is 17.0. The van der Waals surface area contributed by atoms with E-state index in [-0.39, 0.29) is 23.0 Å². The minimum Gasteiger partial charge on any atom is -0.375 e. The smallest absolute Gasteiger partial charge is 0.165 e. The SMILES string of the molecule is CCOC(C(=O)C1CCOC2(CCCCC2)C1)C(C)(C)C. The lowest BCUT2D eigenvalue weighted by atomic mass is 9.72. The first-order valence-electron chi connectivity index (χ1n) is 8.67. The highest BCUT2D eigenvalue weighted by Gasteiger charge is 2.44. The molecule has 0 radical (unpaired) electrons. The molecule has 1 saturated heterocycles. The predicted molar refractivity (Wildman–Crippen MR) is 84.4 cm³/mol. The van der Waals surface area contributed by atoms with Crippen molar-refractivity contribution in [2.75, 3.05) is 13.2 Å². The third-order valence-corrected chi connectivity index (χ3v) is 5.04. The van der Waals surface area contributed by atoms with Crippen LogP contribution in [0.4, 0.5) is 0 Å². The van der Waals surface area contributed by atoms with Crippen LogP contribution in [0, 0.1) is 11.3 Å². The summed E-state index contributed by atoms with van der Waals surface area (Å²) in [6, 6.07) is 0. The number of Topliss-reactive ketones (excluding diaryl/α,β-unsaturated/α-hetero) is 1. The van der Waals surface area contributed by atoms with Gasteiger partial charge in [-0.05, 0) is 38.0 Å². The molecule has 2 aliphatic rings. The van der Waals surface area contributed by atoms with E-state index in [9.17, 15) is 4.79 Å². The van der Waals surface area contributed by atoms with Crippen LogP contribution in [-0.2, 0) is 14.3 Å². The van der Waals surface area contributed by atoms with Crippen LogP contribution in [0.15, 0.2) is 0 Å². The fraction of sp³-hybridized carbons (Fsp3) is 0.944. The molecule has 0 aromatic rings. The Kier molecular flexibility index (Phi) is 5.48. The van der Waals surface area contributed by atoms with Gasteiger partial charge in [-0.25, -0.2) is 0 Å². The van der Waals surface area contributed by atoms with Gasteiger partial charge in [0.2, 0.25) is 0 Å². The van der Waals surface area contributed by atoms with E-state index in [1.54, 1.807) is 0 Å². The molecule has 2 atom stereocenters. The minimum absolute atomic E-state index is 0.00846. The Labute approximate surface area is 129 Å². The maximum atomic E-state index is 13.0. The van der Waals surface area contributed by atoms with Gasteiger partial charge in [0.05, 0.1) is 5.60 Å². The van der Waals surface area contributed by atoms with Crippen molar-refractivity contribution in [3.8, 4) is 0 Å². The topological polar surface area (TPSA) is 35.5 Å². The van der Waals surface area contributed by atoms with E-state index < -0.39 is 0 Å². The van der Waals surface area contributed by atoms with Crippen LogP contribution in [-0.4, -0.2) is 30.7 Å². The molecule has 2 unspecified atom stereocenters. The third-order valence-electron chi connectivity index (χ3n) is 5.04. The average Bonchev–Trinajstić information content (AvgIpc) is 2.44. The highest BCUT2D eigenvalue weighted by molar-refractivity contribution is 5.86. The third kappa shape index (κ3) is 4.07. The number of hydrogen-bond donors (Lipinski definition) is 0. The summed E-state index contributed by atoms with van der Waals surface area (Å²) in [5.41, 5.74) is -0.142. The molecule has 0 amide bonds. The zero-order valence-corrected chi connectivity index (χ0v) is 14.2. The largest absolute Gasteiger partial charge is 0.375 e. The van der Waals surface area contributed by atoms with Crippen LogP contribution in [0.3, 0.4) is 0 Å². The lowest BCUT2D eigenvalue weighted by molar-refractivity contribution is -0.157. The maximum Gasteiger partial charge on any atom is 0.165 e. The first-order chi connectivity index (χ1) is 9.88. The van der Waals surface area contributed by atoms with Crippen molar-refractivity contribution in [2.24, 2.45) is 11.3 Å². The first-order valence-corrected chi connectivity index (χ1v) is 8.67. The van der Waals surface area contributed by atoms with Gasteiger partial charge in [-0.3, -0.25) is 4.79 Å². The van der Waals surface area contributed by atoms with Crippen molar-refractivity contribution in [3.63, 3.8) is 0 Å². The molecular formula is C18H32O3. The minimum atomic E-state index is -0.286. The van der Waals surface area contributed by atoms with Crippen LogP contribution in [0.5, 0.6) is 0 Å². The molecule has 21 heavy (non-hydrogen) atoms. The second-order valence-corrected chi connectivity index (χ2v) is 7.89. The Morgan fingerprint density at radius 1 is 1.29 bits per heavy atom. The molecule has 0 bridgehead atoms. The number of ketones is 1. The zero-order valence-electron chi connectivity index (χ0n) is 14.2. The normalized spacial score (nSPS) is 27.5. The van der Waals surface area contributed by atoms with E-state index in [4.69, 9.17) is 9.47 Å². The van der Waals surface area contributed by atoms with Crippen LogP contribution in [0.1, 0.15) is 72.6 Å². The van der Waals surface area contributed by atoms with E-state index in [1.165, 1.54) is 19.3 Å². The molecule has 3 heteroatoms. The van der Waals surface area contributed by atoms with Crippen molar-refractivity contribution in [1.82, 2.24) is 0 Å². The molecule has 1 aliphatic carbocycles. The van der Waals surface area contributed by atoms with Gasteiger partial charge in [-0.2, -0.15) is 0 Å². The molecule has 1 spiro atoms. The van der Waals surface area contributed by atoms with E-state index in [1.807, 2.05) is 6.92 Å². The number of carbonyl (C=O) groups excluding carboxylic acids is 1. The van der Waals surface area contributed by atoms with Gasteiger partial charge in [-0.1, -0.05) is 40.0 Å². The molecular weight excluding hydrogens is 264 g/mol. The highest BCUT2D eigenvalue weighted by Crippen LogP contribution is 2.42. The molecule has 0 aromatic heterocycles. The summed E-state index contributed by atoms with van der Waals surface area (Å²) in [4.78, 5) is 13.0. The Balaban J connectivity index is 2.06. The Morgan fingerprint density at radius 3 is 2.52 bits per heavy atom. The molecule has 2 rings (SSSR count). The van der Waals surface area contributed by atoms with Gasteiger partial charge in [0.1, 0.15) is 6.10 Å². The lowest BCUT2D eigenvalue weighted by Crippen LogP contribution is -2.48. The van der Waals surface area contributed by atoms with Gasteiger partial charge in [0.25, 0.3) is 0 Å². The van der Waals surface area contributed by atoms with E-state index >= 15 is 0 Å². The molecule has 3 nitrogen and oxygen atoms in total. The van der Waals surface area contributed by atoms with Crippen molar-refractivity contribution in [3.05, 3.63) is 0 Å². The van der Waals surface area contributed by atoms with Gasteiger partial charge < -0.3 is 9.47 Å². The summed E-state index contributed by atoms with van der Waals surface area (Å²) in [5.74, 6) is 0.422. The molecule has 1 aliphatic heterocycles. The second kappa shape index (κ2) is 6.78.